The summed E-state index contributed by atoms with van der Waals surface area (Å²) in [6.07, 6.45) is 10.8. The van der Waals surface area contributed by atoms with Crippen LogP contribution < -0.4 is 10.5 Å². The number of allylic oxidation sites excluding steroid dienone is 1. The van der Waals surface area contributed by atoms with Crippen LogP contribution in [0.15, 0.2) is 103 Å². The van der Waals surface area contributed by atoms with Crippen molar-refractivity contribution in [2.45, 2.75) is 20.3 Å². The van der Waals surface area contributed by atoms with Crippen molar-refractivity contribution < 1.29 is 20.1 Å². The van der Waals surface area contributed by atoms with Crippen molar-refractivity contribution in [3.63, 3.8) is 0 Å². The fraction of sp³-hybridized carbons (Fsp3) is 0.111. The molecule has 0 amide bonds. The van der Waals surface area contributed by atoms with Gasteiger partial charge in [0.2, 0.25) is 0 Å². The van der Waals surface area contributed by atoms with Gasteiger partial charge in [-0.3, -0.25) is 4.98 Å². The van der Waals surface area contributed by atoms with Crippen molar-refractivity contribution in [3.8, 4) is 0 Å². The Morgan fingerprint density at radius 1 is 0.969 bits per heavy atom. The maximum atomic E-state index is 4.38. The molecule has 0 fully saturated rings. The van der Waals surface area contributed by atoms with Crippen LogP contribution in [0.3, 0.4) is 0 Å². The summed E-state index contributed by atoms with van der Waals surface area (Å²) in [5.41, 5.74) is 7.02. The third-order valence-corrected chi connectivity index (χ3v) is 5.20. The van der Waals surface area contributed by atoms with Crippen molar-refractivity contribution in [3.05, 3.63) is 126 Å². The first-order valence-corrected chi connectivity index (χ1v) is 10.4. The summed E-state index contributed by atoms with van der Waals surface area (Å²) in [5.74, 6) is 5.52. The third kappa shape index (κ3) is 5.82. The summed E-state index contributed by atoms with van der Waals surface area (Å²) in [7, 11) is 0. The summed E-state index contributed by atoms with van der Waals surface area (Å²) in [6, 6.07) is 23.4. The van der Waals surface area contributed by atoms with E-state index in [1.807, 2.05) is 61.1 Å². The number of rotatable bonds is 3. The number of hydrogen-bond donors (Lipinski definition) is 0. The van der Waals surface area contributed by atoms with Gasteiger partial charge in [-0.2, -0.15) is 6.20 Å². The van der Waals surface area contributed by atoms with Crippen molar-refractivity contribution in [2.75, 3.05) is 4.90 Å². The molecular weight excluding hydrogens is 569 g/mol. The first-order chi connectivity index (χ1) is 15.2. The third-order valence-electron chi connectivity index (χ3n) is 5.20. The normalized spacial score (nSPS) is 13.9. The summed E-state index contributed by atoms with van der Waals surface area (Å²) in [5, 5.41) is 0. The molecular formula is C27H24BIrN3-2. The minimum atomic E-state index is 0. The molecule has 3 nitrogen and oxygen atoms in total. The van der Waals surface area contributed by atoms with Crippen LogP contribution in [0.5, 0.6) is 0 Å². The quantitative estimate of drug-likeness (QED) is 0.315. The molecule has 2 aliphatic rings. The second-order valence-corrected chi connectivity index (χ2v) is 7.46. The average Bonchev–Trinajstić information content (AvgIpc) is 3.36. The molecule has 2 aliphatic heterocycles. The van der Waals surface area contributed by atoms with Crippen molar-refractivity contribution in [1.82, 2.24) is 4.98 Å². The van der Waals surface area contributed by atoms with Gasteiger partial charge in [-0.15, -0.1) is 41.9 Å². The number of nitrogens with zero attached hydrogens (tertiary/aromatic N) is 3. The Bertz CT molecular complexity index is 1100. The van der Waals surface area contributed by atoms with Crippen molar-refractivity contribution in [1.29, 1.82) is 0 Å². The molecule has 2 aromatic carbocycles. The molecule has 32 heavy (non-hydrogen) atoms. The number of hydrogen-bond acceptors (Lipinski definition) is 3. The van der Waals surface area contributed by atoms with Crippen molar-refractivity contribution >= 4 is 23.7 Å². The largest absolute Gasteiger partial charge is 0.494 e. The van der Waals surface area contributed by atoms with E-state index in [0.717, 1.165) is 23.3 Å². The van der Waals surface area contributed by atoms with E-state index in [0.29, 0.717) is 0 Å². The Morgan fingerprint density at radius 2 is 1.78 bits per heavy atom. The molecule has 5 heteroatoms. The van der Waals surface area contributed by atoms with Gasteiger partial charge in [0.25, 0.3) is 0 Å². The zero-order valence-electron chi connectivity index (χ0n) is 18.2. The maximum absolute atomic E-state index is 4.38. The van der Waals surface area contributed by atoms with Crippen LogP contribution in [0.25, 0.3) is 0 Å². The number of anilines is 1. The Kier molecular flexibility index (Phi) is 8.55. The van der Waals surface area contributed by atoms with Gasteiger partial charge in [-0.05, 0) is 55.0 Å². The summed E-state index contributed by atoms with van der Waals surface area (Å²) < 4.78 is 0. The molecule has 5 rings (SSSR count). The minimum Gasteiger partial charge on any atom is -0.494 e. The molecule has 161 valence electrons. The maximum Gasteiger partial charge on any atom is 0.0585 e. The average molecular weight is 594 g/mol. The van der Waals surface area contributed by atoms with Crippen LogP contribution in [0.2, 0.25) is 0 Å². The monoisotopic (exact) mass is 594 g/mol. The van der Waals surface area contributed by atoms with Gasteiger partial charge in [-0.1, -0.05) is 36.4 Å². The molecule has 0 N–H and O–H groups in total. The zero-order chi connectivity index (χ0) is 21.5. The van der Waals surface area contributed by atoms with Gasteiger partial charge >= 0.3 is 0 Å². The van der Waals surface area contributed by atoms with E-state index in [-0.39, 0.29) is 26.8 Å². The second-order valence-electron chi connectivity index (χ2n) is 7.46. The fourth-order valence-corrected chi connectivity index (χ4v) is 3.65. The van der Waals surface area contributed by atoms with Crippen LogP contribution >= 0.6 is 0 Å². The van der Waals surface area contributed by atoms with Gasteiger partial charge in [0, 0.05) is 38.2 Å². The predicted octanol–water partition coefficient (Wildman–Crippen LogP) is 5.02. The van der Waals surface area contributed by atoms with Gasteiger partial charge in [-0.25, -0.2) is 0 Å². The molecule has 0 bridgehead atoms. The number of para-hydroxylation sites is 1. The van der Waals surface area contributed by atoms with E-state index < -0.39 is 0 Å². The van der Waals surface area contributed by atoms with E-state index in [2.05, 4.69) is 77.2 Å². The number of aryl methyl sites for hydroxylation is 2. The molecule has 1 aromatic heterocycles. The summed E-state index contributed by atoms with van der Waals surface area (Å²) >= 11 is 0. The topological polar surface area (TPSA) is 28.5 Å². The Hall–Kier alpha value is -3.01. The molecule has 0 spiro atoms. The van der Waals surface area contributed by atoms with E-state index >= 15 is 0 Å². The number of aromatic nitrogens is 1. The van der Waals surface area contributed by atoms with E-state index in [9.17, 15) is 0 Å². The van der Waals surface area contributed by atoms with Crippen molar-refractivity contribution in [2.24, 2.45) is 4.99 Å². The van der Waals surface area contributed by atoms with E-state index in [1.165, 1.54) is 16.8 Å². The Balaban J connectivity index is 0.000000204. The molecule has 0 aliphatic carbocycles. The molecule has 0 saturated carbocycles. The molecule has 3 aromatic rings. The van der Waals surface area contributed by atoms with Crippen LogP contribution in [-0.2, 0) is 20.1 Å². The smallest absolute Gasteiger partial charge is 0.0585 e. The zero-order valence-corrected chi connectivity index (χ0v) is 20.6. The Morgan fingerprint density at radius 3 is 2.38 bits per heavy atom. The Labute approximate surface area is 204 Å². The van der Waals surface area contributed by atoms with Crippen LogP contribution in [-0.4, -0.2) is 17.4 Å². The molecule has 0 atom stereocenters. The number of pyridine rings is 1. The van der Waals surface area contributed by atoms with Gasteiger partial charge < -0.3 is 15.9 Å². The molecule has 0 saturated heterocycles. The van der Waals surface area contributed by atoms with E-state index in [4.69, 9.17) is 0 Å². The number of aliphatic imine (C=N–C) groups is 1. The first kappa shape index (κ1) is 23.7. The van der Waals surface area contributed by atoms with Gasteiger partial charge in [0.1, 0.15) is 0 Å². The van der Waals surface area contributed by atoms with E-state index in [1.54, 1.807) is 0 Å². The summed E-state index contributed by atoms with van der Waals surface area (Å²) in [4.78, 5) is 10.7. The first-order valence-electron chi connectivity index (χ1n) is 10.4. The van der Waals surface area contributed by atoms with Crippen LogP contribution in [0, 0.1) is 25.9 Å². The van der Waals surface area contributed by atoms with Gasteiger partial charge in [0.05, 0.1) is 6.71 Å². The standard InChI is InChI=1S/C17H16BN2.C10H8N.Ir/c1-14-6-5-7-15(2)17(14)20-12-9-18(10-13-20)16-8-3-4-11-19-16;1-2-5-9(6-3-1)10-7-4-8-11-10;/h3-9,11-13H,1-2H3;1-5,8H,7H2;/q2*-1;. The SMILES string of the molecule is Cc1cccc(C)c1N1C=[C-]B(c2ccccn2)C=C1.[Ir].[c-]1ccccc1C1=NC=CC1. The van der Waals surface area contributed by atoms with Crippen LogP contribution in [0.1, 0.15) is 23.1 Å². The van der Waals surface area contributed by atoms with Crippen LogP contribution in [0.4, 0.5) is 5.69 Å². The summed E-state index contributed by atoms with van der Waals surface area (Å²) in [6.45, 7) is 4.40. The van der Waals surface area contributed by atoms with Gasteiger partial charge in [0.15, 0.2) is 0 Å². The fourth-order valence-electron chi connectivity index (χ4n) is 3.65. The minimum absolute atomic E-state index is 0. The number of benzene rings is 2. The molecule has 1 radical (unpaired) electrons. The molecule has 0 unspecified atom stereocenters. The molecule has 3 heterocycles. The predicted molar refractivity (Wildman–Crippen MR) is 131 cm³/mol. The second kappa shape index (κ2) is 11.6.